The predicted molar refractivity (Wildman–Crippen MR) is 110 cm³/mol. The first kappa shape index (κ1) is 18.2. The molecule has 2 heterocycles. The van der Waals surface area contributed by atoms with Crippen LogP contribution in [0.25, 0.3) is 11.2 Å². The summed E-state index contributed by atoms with van der Waals surface area (Å²) >= 11 is 0. The molecule has 4 aliphatic carbocycles. The molecule has 0 aromatic carbocycles. The van der Waals surface area contributed by atoms with Crippen LogP contribution in [0.4, 0.5) is 0 Å². The van der Waals surface area contributed by atoms with E-state index in [1.807, 2.05) is 6.92 Å². The lowest BCUT2D eigenvalue weighted by atomic mass is 9.75. The molecule has 2 aromatic rings. The van der Waals surface area contributed by atoms with Gasteiger partial charge in [-0.25, -0.2) is 9.78 Å². The largest absolute Gasteiger partial charge is 0.332 e. The molecule has 0 amide bonds. The summed E-state index contributed by atoms with van der Waals surface area (Å²) in [6.07, 6.45) is 8.10. The zero-order valence-electron chi connectivity index (χ0n) is 17.4. The summed E-state index contributed by atoms with van der Waals surface area (Å²) in [6.45, 7) is 8.01. The standard InChI is InChI=1S/C22H32N4O2/c1-4-7-25-18-17(19(27)26(8-5-2)21(25)28)24(6-3)20(23-18)22-12-14-9-15(13-22)11-16(22)10-14/h14-16H,4-13H2,1-3H3. The van der Waals surface area contributed by atoms with Crippen molar-refractivity contribution in [2.75, 3.05) is 0 Å². The average molecular weight is 385 g/mol. The molecule has 2 aromatic heterocycles. The molecule has 2 unspecified atom stereocenters. The molecular formula is C22H32N4O2. The second-order valence-electron chi connectivity index (χ2n) is 9.44. The van der Waals surface area contributed by atoms with E-state index < -0.39 is 0 Å². The van der Waals surface area contributed by atoms with Crippen LogP contribution in [0.1, 0.15) is 71.5 Å². The molecule has 28 heavy (non-hydrogen) atoms. The molecule has 4 aliphatic rings. The number of rotatable bonds is 6. The molecule has 4 fully saturated rings. The molecule has 0 spiro atoms. The van der Waals surface area contributed by atoms with Gasteiger partial charge in [0.2, 0.25) is 0 Å². The van der Waals surface area contributed by atoms with Crippen molar-refractivity contribution < 1.29 is 0 Å². The van der Waals surface area contributed by atoms with Gasteiger partial charge in [0.1, 0.15) is 5.82 Å². The van der Waals surface area contributed by atoms with Gasteiger partial charge >= 0.3 is 5.69 Å². The second kappa shape index (κ2) is 6.33. The molecule has 0 radical (unpaired) electrons. The van der Waals surface area contributed by atoms with E-state index in [9.17, 15) is 9.59 Å². The predicted octanol–water partition coefficient (Wildman–Crippen LogP) is 3.28. The summed E-state index contributed by atoms with van der Waals surface area (Å²) in [5, 5.41) is 0. The van der Waals surface area contributed by atoms with Crippen LogP contribution < -0.4 is 11.2 Å². The Balaban J connectivity index is 1.81. The Morgan fingerprint density at radius 2 is 1.57 bits per heavy atom. The van der Waals surface area contributed by atoms with E-state index in [1.54, 1.807) is 4.57 Å². The number of aromatic nitrogens is 4. The molecule has 0 N–H and O–H groups in total. The molecule has 4 saturated carbocycles. The van der Waals surface area contributed by atoms with Crippen molar-refractivity contribution in [1.82, 2.24) is 18.7 Å². The maximum Gasteiger partial charge on any atom is 0.332 e. The van der Waals surface area contributed by atoms with Crippen LogP contribution in [0.3, 0.4) is 0 Å². The van der Waals surface area contributed by atoms with Gasteiger partial charge in [0.05, 0.1) is 0 Å². The second-order valence-corrected chi connectivity index (χ2v) is 9.44. The van der Waals surface area contributed by atoms with Crippen molar-refractivity contribution >= 4 is 11.2 Å². The minimum Gasteiger partial charge on any atom is -0.322 e. The van der Waals surface area contributed by atoms with Crippen molar-refractivity contribution in [2.24, 2.45) is 17.8 Å². The normalized spacial score (nSPS) is 30.8. The third kappa shape index (κ3) is 2.23. The van der Waals surface area contributed by atoms with Gasteiger partial charge in [-0.1, -0.05) is 13.8 Å². The lowest BCUT2D eigenvalue weighted by Crippen LogP contribution is -2.40. The number of nitrogens with zero attached hydrogens (tertiary/aromatic N) is 4. The van der Waals surface area contributed by atoms with Gasteiger partial charge in [-0.3, -0.25) is 13.9 Å². The van der Waals surface area contributed by atoms with Crippen LogP contribution in [0.2, 0.25) is 0 Å². The summed E-state index contributed by atoms with van der Waals surface area (Å²) in [7, 11) is 0. The maximum absolute atomic E-state index is 13.4. The van der Waals surface area contributed by atoms with Gasteiger partial charge in [-0.2, -0.15) is 0 Å². The van der Waals surface area contributed by atoms with Crippen molar-refractivity contribution in [3.8, 4) is 0 Å². The quantitative estimate of drug-likeness (QED) is 0.768. The smallest absolute Gasteiger partial charge is 0.322 e. The molecule has 6 rings (SSSR count). The molecular weight excluding hydrogens is 352 g/mol. The molecule has 6 nitrogen and oxygen atoms in total. The third-order valence-electron chi connectivity index (χ3n) is 7.76. The van der Waals surface area contributed by atoms with E-state index in [0.717, 1.165) is 37.0 Å². The highest BCUT2D eigenvalue weighted by atomic mass is 16.2. The number of hydrogen-bond acceptors (Lipinski definition) is 3. The molecule has 2 atom stereocenters. The lowest BCUT2D eigenvalue weighted by molar-refractivity contribution is 0.258. The first-order valence-electron chi connectivity index (χ1n) is 11.3. The monoisotopic (exact) mass is 384 g/mol. The van der Waals surface area contributed by atoms with Gasteiger partial charge in [0.25, 0.3) is 5.56 Å². The fourth-order valence-corrected chi connectivity index (χ4v) is 6.99. The van der Waals surface area contributed by atoms with Gasteiger partial charge < -0.3 is 4.57 Å². The number of imidazole rings is 1. The SMILES string of the molecule is CCCn1c(=O)c2c(nc(C34CC5CC(CC3C5)C4)n2CC)n(CCC)c1=O. The van der Waals surface area contributed by atoms with Crippen molar-refractivity contribution in [2.45, 2.75) is 90.8 Å². The van der Waals surface area contributed by atoms with Crippen LogP contribution in [0.15, 0.2) is 9.59 Å². The van der Waals surface area contributed by atoms with Gasteiger partial charge in [0, 0.05) is 25.0 Å². The highest BCUT2D eigenvalue weighted by Gasteiger charge is 2.60. The number of aryl methyl sites for hydroxylation is 2. The van der Waals surface area contributed by atoms with E-state index in [-0.39, 0.29) is 16.7 Å². The highest BCUT2D eigenvalue weighted by molar-refractivity contribution is 5.71. The summed E-state index contributed by atoms with van der Waals surface area (Å²) < 4.78 is 5.38. The molecule has 0 aliphatic heterocycles. The molecule has 0 saturated heterocycles. The topological polar surface area (TPSA) is 61.8 Å². The summed E-state index contributed by atoms with van der Waals surface area (Å²) in [5.74, 6) is 3.48. The fraction of sp³-hybridized carbons (Fsp3) is 0.773. The van der Waals surface area contributed by atoms with Crippen LogP contribution >= 0.6 is 0 Å². The Kier molecular flexibility index (Phi) is 4.11. The first-order valence-corrected chi connectivity index (χ1v) is 11.3. The first-order chi connectivity index (χ1) is 13.5. The molecule has 4 bridgehead atoms. The summed E-state index contributed by atoms with van der Waals surface area (Å²) in [5.41, 5.74) is 1.07. The Bertz CT molecular complexity index is 1030. The maximum atomic E-state index is 13.4. The summed E-state index contributed by atoms with van der Waals surface area (Å²) in [6, 6.07) is 0. The van der Waals surface area contributed by atoms with Crippen LogP contribution in [-0.2, 0) is 25.0 Å². The Morgan fingerprint density at radius 3 is 2.18 bits per heavy atom. The Labute approximate surface area is 165 Å². The van der Waals surface area contributed by atoms with Crippen molar-refractivity contribution in [3.05, 3.63) is 26.7 Å². The Hall–Kier alpha value is -1.85. The minimum atomic E-state index is -0.191. The van der Waals surface area contributed by atoms with Crippen LogP contribution in [-0.4, -0.2) is 18.7 Å². The zero-order chi connectivity index (χ0) is 19.6. The van der Waals surface area contributed by atoms with E-state index in [1.165, 1.54) is 36.7 Å². The van der Waals surface area contributed by atoms with Gasteiger partial charge in [-0.05, 0) is 69.6 Å². The zero-order valence-corrected chi connectivity index (χ0v) is 17.4. The van der Waals surface area contributed by atoms with Crippen molar-refractivity contribution in [3.63, 3.8) is 0 Å². The molecule has 6 heteroatoms. The third-order valence-corrected chi connectivity index (χ3v) is 7.76. The van der Waals surface area contributed by atoms with Gasteiger partial charge in [0.15, 0.2) is 11.2 Å². The van der Waals surface area contributed by atoms with Gasteiger partial charge in [-0.15, -0.1) is 0 Å². The average Bonchev–Trinajstić information content (AvgIpc) is 3.26. The minimum absolute atomic E-state index is 0.137. The van der Waals surface area contributed by atoms with Crippen molar-refractivity contribution in [1.29, 1.82) is 0 Å². The number of hydrogen-bond donors (Lipinski definition) is 0. The lowest BCUT2D eigenvalue weighted by Gasteiger charge is -2.32. The van der Waals surface area contributed by atoms with E-state index in [2.05, 4.69) is 18.4 Å². The van der Waals surface area contributed by atoms with Crippen LogP contribution in [0, 0.1) is 17.8 Å². The number of fused-ring (bicyclic) bond motifs is 1. The summed E-state index contributed by atoms with van der Waals surface area (Å²) in [4.78, 5) is 31.5. The van der Waals surface area contributed by atoms with Crippen LogP contribution in [0.5, 0.6) is 0 Å². The molecule has 152 valence electrons. The Morgan fingerprint density at radius 1 is 0.929 bits per heavy atom. The van der Waals surface area contributed by atoms with E-state index >= 15 is 0 Å². The van der Waals surface area contributed by atoms with E-state index in [0.29, 0.717) is 30.2 Å². The van der Waals surface area contributed by atoms with E-state index in [4.69, 9.17) is 4.98 Å². The highest BCUT2D eigenvalue weighted by Crippen LogP contribution is 2.65. The fourth-order valence-electron chi connectivity index (χ4n) is 6.99.